The van der Waals surface area contributed by atoms with Crippen LogP contribution in [-0.4, -0.2) is 74.9 Å². The average molecular weight is 398 g/mol. The average Bonchev–Trinajstić information content (AvgIpc) is 2.58. The molecule has 0 aliphatic heterocycles. The van der Waals surface area contributed by atoms with Crippen LogP contribution in [0.3, 0.4) is 0 Å². The molecular weight excluding hydrogens is 362 g/mol. The molecule has 0 aromatic heterocycles. The molecule has 1 amide bonds. The summed E-state index contributed by atoms with van der Waals surface area (Å²) >= 11 is 0. The lowest BCUT2D eigenvalue weighted by atomic mass is 9.78. The zero-order valence-corrected chi connectivity index (χ0v) is 17.7. The zero-order valence-electron chi connectivity index (χ0n) is 17.7. The number of phenolic OH excluding ortho intramolecular Hbond substituents is 1. The van der Waals surface area contributed by atoms with Gasteiger partial charge in [0.2, 0.25) is 0 Å². The van der Waals surface area contributed by atoms with Crippen LogP contribution in [0.15, 0.2) is 12.1 Å². The molecule has 160 valence electrons. The Labute approximate surface area is 167 Å². The van der Waals surface area contributed by atoms with Gasteiger partial charge >= 0.3 is 0 Å². The van der Waals surface area contributed by atoms with Gasteiger partial charge in [0.25, 0.3) is 5.91 Å². The normalized spacial score (nSPS) is 14.6. The molecule has 1 aromatic carbocycles. The number of hydrogen-bond donors (Lipinski definition) is 5. The molecule has 1 aromatic rings. The van der Waals surface area contributed by atoms with E-state index in [0.717, 1.165) is 0 Å². The minimum atomic E-state index is -1.17. The fraction of sp³-hybridized carbons (Fsp3) is 0.667. The summed E-state index contributed by atoms with van der Waals surface area (Å²) in [6.07, 6.45) is -2.34. The lowest BCUT2D eigenvalue weighted by Crippen LogP contribution is -2.44. The smallest absolute Gasteiger partial charge is 0.254 e. The number of hydrogen-bond acceptors (Lipinski definition) is 6. The zero-order chi connectivity index (χ0) is 21.9. The van der Waals surface area contributed by atoms with Crippen molar-refractivity contribution in [3.63, 3.8) is 0 Å². The summed E-state index contributed by atoms with van der Waals surface area (Å²) in [5.41, 5.74) is 0.714. The van der Waals surface area contributed by atoms with E-state index >= 15 is 0 Å². The Morgan fingerprint density at radius 2 is 1.25 bits per heavy atom. The largest absolute Gasteiger partial charge is 0.507 e. The summed E-state index contributed by atoms with van der Waals surface area (Å²) < 4.78 is 0. The van der Waals surface area contributed by atoms with Gasteiger partial charge < -0.3 is 30.4 Å². The van der Waals surface area contributed by atoms with Gasteiger partial charge in [-0.25, -0.2) is 0 Å². The van der Waals surface area contributed by atoms with E-state index in [1.807, 2.05) is 41.5 Å². The third-order valence-corrected chi connectivity index (χ3v) is 4.54. The van der Waals surface area contributed by atoms with Gasteiger partial charge in [-0.3, -0.25) is 4.79 Å². The van der Waals surface area contributed by atoms with Crippen molar-refractivity contribution in [2.75, 3.05) is 26.3 Å². The molecule has 28 heavy (non-hydrogen) atoms. The molecular formula is C21H35NO6. The Bertz CT molecular complexity index is 627. The highest BCUT2D eigenvalue weighted by Crippen LogP contribution is 2.40. The second-order valence-corrected chi connectivity index (χ2v) is 9.30. The molecule has 0 bridgehead atoms. The highest BCUT2D eigenvalue weighted by molar-refractivity contribution is 5.95. The van der Waals surface area contributed by atoms with E-state index in [1.165, 1.54) is 4.90 Å². The Morgan fingerprint density at radius 3 is 1.54 bits per heavy atom. The van der Waals surface area contributed by atoms with Crippen LogP contribution in [0.1, 0.15) is 63.0 Å². The third-order valence-electron chi connectivity index (χ3n) is 4.54. The number of phenols is 1. The maximum absolute atomic E-state index is 13.2. The number of carbonyl (C=O) groups excluding carboxylic acids is 1. The standard InChI is InChI=1S/C21H35NO6/c1-20(2,3)16-7-13(8-17(18(16)27)21(4,5)6)19(28)22(9-14(25)11-23)10-15(26)12-24/h7-8,14-15,23-27H,9-12H2,1-6H3. The molecule has 5 N–H and O–H groups in total. The first-order valence-corrected chi connectivity index (χ1v) is 9.47. The second-order valence-electron chi connectivity index (χ2n) is 9.30. The van der Waals surface area contributed by atoms with Crippen LogP contribution >= 0.6 is 0 Å². The van der Waals surface area contributed by atoms with Crippen LogP contribution in [0.25, 0.3) is 0 Å². The number of rotatable bonds is 7. The number of aliphatic hydroxyl groups excluding tert-OH is 4. The first kappa shape index (κ1) is 24.4. The van der Waals surface area contributed by atoms with Gasteiger partial charge in [0.05, 0.1) is 25.4 Å². The quantitative estimate of drug-likeness (QED) is 0.470. The van der Waals surface area contributed by atoms with Gasteiger partial charge in [0, 0.05) is 29.8 Å². The fourth-order valence-corrected chi connectivity index (χ4v) is 2.95. The van der Waals surface area contributed by atoms with Crippen LogP contribution < -0.4 is 0 Å². The first-order chi connectivity index (χ1) is 12.7. The van der Waals surface area contributed by atoms with Crippen LogP contribution in [0.4, 0.5) is 0 Å². The van der Waals surface area contributed by atoms with Gasteiger partial charge in [0.15, 0.2) is 0 Å². The number of nitrogens with zero attached hydrogens (tertiary/aromatic N) is 1. The summed E-state index contributed by atoms with van der Waals surface area (Å²) in [6.45, 7) is 10.2. The molecule has 1 rings (SSSR count). The Balaban J connectivity index is 3.50. The molecule has 0 heterocycles. The van der Waals surface area contributed by atoms with E-state index in [2.05, 4.69) is 0 Å². The molecule has 0 fully saturated rings. The molecule has 0 spiro atoms. The SMILES string of the molecule is CC(C)(C)c1cc(C(=O)N(CC(O)CO)CC(O)CO)cc(C(C)(C)C)c1O. The van der Waals surface area contributed by atoms with Crippen molar-refractivity contribution >= 4 is 5.91 Å². The minimum Gasteiger partial charge on any atom is -0.507 e. The lowest BCUT2D eigenvalue weighted by molar-refractivity contribution is 0.0209. The van der Waals surface area contributed by atoms with Gasteiger partial charge in [0.1, 0.15) is 5.75 Å². The maximum atomic E-state index is 13.2. The van der Waals surface area contributed by atoms with Crippen LogP contribution in [0.2, 0.25) is 0 Å². The van der Waals surface area contributed by atoms with Crippen molar-refractivity contribution in [2.24, 2.45) is 0 Å². The van der Waals surface area contributed by atoms with E-state index in [9.17, 15) is 20.1 Å². The molecule has 7 heteroatoms. The lowest BCUT2D eigenvalue weighted by Gasteiger charge is -2.30. The molecule has 0 saturated carbocycles. The second kappa shape index (κ2) is 9.22. The maximum Gasteiger partial charge on any atom is 0.254 e. The number of amides is 1. The van der Waals surface area contributed by atoms with E-state index in [-0.39, 0.29) is 18.8 Å². The number of aliphatic hydroxyl groups is 4. The molecule has 7 nitrogen and oxygen atoms in total. The van der Waals surface area contributed by atoms with Crippen molar-refractivity contribution < 1.29 is 30.3 Å². The van der Waals surface area contributed by atoms with Gasteiger partial charge in [-0.05, 0) is 23.0 Å². The third kappa shape index (κ3) is 6.17. The minimum absolute atomic E-state index is 0.147. The number of benzene rings is 1. The van der Waals surface area contributed by atoms with Gasteiger partial charge in [-0.15, -0.1) is 0 Å². The molecule has 0 saturated heterocycles. The Morgan fingerprint density at radius 1 is 0.893 bits per heavy atom. The summed E-state index contributed by atoms with van der Waals surface area (Å²) in [4.78, 5) is 14.4. The summed E-state index contributed by atoms with van der Waals surface area (Å²) in [6, 6.07) is 3.24. The number of aromatic hydroxyl groups is 1. The fourth-order valence-electron chi connectivity index (χ4n) is 2.95. The van der Waals surface area contributed by atoms with Crippen molar-refractivity contribution in [3.8, 4) is 5.75 Å². The molecule has 0 aliphatic carbocycles. The van der Waals surface area contributed by atoms with E-state index in [4.69, 9.17) is 10.2 Å². The van der Waals surface area contributed by atoms with Gasteiger partial charge in [-0.1, -0.05) is 41.5 Å². The summed E-state index contributed by atoms with van der Waals surface area (Å²) in [5, 5.41) is 48.7. The van der Waals surface area contributed by atoms with Crippen LogP contribution in [0, 0.1) is 0 Å². The van der Waals surface area contributed by atoms with Crippen molar-refractivity contribution in [1.82, 2.24) is 4.90 Å². The van der Waals surface area contributed by atoms with Crippen molar-refractivity contribution in [3.05, 3.63) is 28.8 Å². The van der Waals surface area contributed by atoms with Gasteiger partial charge in [-0.2, -0.15) is 0 Å². The highest BCUT2D eigenvalue weighted by Gasteiger charge is 2.30. The van der Waals surface area contributed by atoms with E-state index in [0.29, 0.717) is 16.7 Å². The summed E-state index contributed by atoms with van der Waals surface area (Å²) in [7, 11) is 0. The Hall–Kier alpha value is -1.67. The number of carbonyl (C=O) groups is 1. The molecule has 0 aliphatic rings. The molecule has 2 atom stereocenters. The predicted molar refractivity (Wildman–Crippen MR) is 108 cm³/mol. The van der Waals surface area contributed by atoms with E-state index in [1.54, 1.807) is 12.1 Å². The van der Waals surface area contributed by atoms with Crippen LogP contribution in [-0.2, 0) is 10.8 Å². The van der Waals surface area contributed by atoms with Crippen molar-refractivity contribution in [1.29, 1.82) is 0 Å². The van der Waals surface area contributed by atoms with Crippen molar-refractivity contribution in [2.45, 2.75) is 64.6 Å². The summed E-state index contributed by atoms with van der Waals surface area (Å²) in [5.74, 6) is -0.315. The predicted octanol–water partition coefficient (Wildman–Crippen LogP) is 1.14. The van der Waals surface area contributed by atoms with Crippen LogP contribution in [0.5, 0.6) is 5.75 Å². The Kier molecular flexibility index (Phi) is 8.02. The molecule has 0 radical (unpaired) electrons. The monoisotopic (exact) mass is 397 g/mol. The first-order valence-electron chi connectivity index (χ1n) is 9.47. The highest BCUT2D eigenvalue weighted by atomic mass is 16.3. The molecule has 2 unspecified atom stereocenters. The topological polar surface area (TPSA) is 121 Å². The van der Waals surface area contributed by atoms with E-state index < -0.39 is 42.2 Å².